The highest BCUT2D eigenvalue weighted by Crippen LogP contribution is 2.30. The molecule has 0 atom stereocenters. The molecule has 1 aromatic carbocycles. The van der Waals surface area contributed by atoms with Crippen LogP contribution in [-0.4, -0.2) is 52.4 Å². The molecule has 9 heteroatoms. The minimum absolute atomic E-state index is 0. The number of hydrogen-bond donors (Lipinski definition) is 0. The van der Waals surface area contributed by atoms with E-state index in [2.05, 4.69) is 9.97 Å². The van der Waals surface area contributed by atoms with Crippen LogP contribution in [0.5, 0.6) is 0 Å². The summed E-state index contributed by atoms with van der Waals surface area (Å²) >= 11 is 1.31. The zero-order chi connectivity index (χ0) is 19.8. The molecule has 0 fully saturated rings. The number of anilines is 1. The van der Waals surface area contributed by atoms with E-state index >= 15 is 0 Å². The second-order valence-corrected chi connectivity index (χ2v) is 7.85. The predicted octanol–water partition coefficient (Wildman–Crippen LogP) is 4.02. The smallest absolute Gasteiger partial charge is 0.279 e. The van der Waals surface area contributed by atoms with E-state index in [9.17, 15) is 9.18 Å². The number of benzene rings is 1. The quantitative estimate of drug-likeness (QED) is 0.477. The fourth-order valence-electron chi connectivity index (χ4n) is 3.08. The largest absolute Gasteiger partial charge is 0.308 e. The topological polar surface area (TPSA) is 53.7 Å². The van der Waals surface area contributed by atoms with Gasteiger partial charge in [-0.05, 0) is 51.4 Å². The fourth-order valence-corrected chi connectivity index (χ4v) is 4.10. The average Bonchev–Trinajstić information content (AvgIpc) is 3.20. The Morgan fingerprint density at radius 2 is 1.97 bits per heavy atom. The maximum atomic E-state index is 13.6. The van der Waals surface area contributed by atoms with Gasteiger partial charge in [0.25, 0.3) is 5.91 Å². The van der Waals surface area contributed by atoms with Gasteiger partial charge in [-0.2, -0.15) is 0 Å². The zero-order valence-corrected chi connectivity index (χ0v) is 17.9. The Morgan fingerprint density at radius 3 is 2.72 bits per heavy atom. The molecule has 0 spiro atoms. The molecule has 0 aliphatic rings. The Hall–Kier alpha value is -2.55. The van der Waals surface area contributed by atoms with Crippen molar-refractivity contribution >= 4 is 50.6 Å². The number of thiazole rings is 1. The van der Waals surface area contributed by atoms with E-state index in [-0.39, 0.29) is 24.1 Å². The first kappa shape index (κ1) is 21.2. The molecule has 4 aromatic rings. The van der Waals surface area contributed by atoms with Crippen LogP contribution >= 0.6 is 23.7 Å². The highest BCUT2D eigenvalue weighted by atomic mass is 35.5. The molecule has 0 aliphatic carbocycles. The average molecular weight is 434 g/mol. The Labute approximate surface area is 178 Å². The molecule has 3 heterocycles. The summed E-state index contributed by atoms with van der Waals surface area (Å²) in [6, 6.07) is 10.1. The molecule has 0 saturated heterocycles. The number of pyridine rings is 1. The van der Waals surface area contributed by atoms with Crippen LogP contribution in [0.2, 0.25) is 0 Å². The molecule has 4 rings (SSSR count). The highest BCUT2D eigenvalue weighted by molar-refractivity contribution is 7.22. The van der Waals surface area contributed by atoms with E-state index < -0.39 is 0 Å². The Bertz CT molecular complexity index is 1170. The van der Waals surface area contributed by atoms with Crippen LogP contribution in [0.3, 0.4) is 0 Å². The number of hydrogen-bond acceptors (Lipinski definition) is 5. The molecule has 0 aliphatic heterocycles. The molecule has 0 bridgehead atoms. The van der Waals surface area contributed by atoms with Crippen LogP contribution in [0.15, 0.2) is 42.6 Å². The Morgan fingerprint density at radius 1 is 1.17 bits per heavy atom. The van der Waals surface area contributed by atoms with E-state index in [0.29, 0.717) is 39.8 Å². The minimum Gasteiger partial charge on any atom is -0.308 e. The fraction of sp³-hybridized carbons (Fsp3) is 0.250. The number of likely N-dealkylation sites (N-methyl/N-ethyl adjacent to an activating group) is 1. The molecule has 0 unspecified atom stereocenters. The molecule has 1 amide bonds. The highest BCUT2D eigenvalue weighted by Gasteiger charge is 2.26. The van der Waals surface area contributed by atoms with Gasteiger partial charge < -0.3 is 4.90 Å². The van der Waals surface area contributed by atoms with Crippen molar-refractivity contribution < 1.29 is 9.18 Å². The number of imidazole rings is 1. The second-order valence-electron chi connectivity index (χ2n) is 6.84. The lowest BCUT2D eigenvalue weighted by atomic mass is 10.3. The molecular formula is C20H21ClFN5OS. The third kappa shape index (κ3) is 4.10. The van der Waals surface area contributed by atoms with E-state index in [4.69, 9.17) is 0 Å². The lowest BCUT2D eigenvalue weighted by Gasteiger charge is -2.22. The Balaban J connectivity index is 0.00000240. The van der Waals surface area contributed by atoms with Gasteiger partial charge in [-0.25, -0.2) is 14.4 Å². The maximum Gasteiger partial charge on any atom is 0.279 e. The van der Waals surface area contributed by atoms with Crippen molar-refractivity contribution in [3.8, 4) is 0 Å². The number of amides is 1. The lowest BCUT2D eigenvalue weighted by Crippen LogP contribution is -2.37. The SMILES string of the molecule is Cc1nc2ccccn2c1C(=O)N(CCN(C)C)c1nc2ccc(F)cc2s1.Cl. The van der Waals surface area contributed by atoms with Crippen molar-refractivity contribution in [1.82, 2.24) is 19.3 Å². The number of aromatic nitrogens is 3. The Kier molecular flexibility index (Phi) is 6.16. The van der Waals surface area contributed by atoms with E-state index in [1.54, 1.807) is 15.4 Å². The number of aryl methyl sites for hydroxylation is 1. The molecule has 152 valence electrons. The van der Waals surface area contributed by atoms with E-state index in [1.165, 1.54) is 23.5 Å². The van der Waals surface area contributed by atoms with E-state index in [0.717, 1.165) is 5.65 Å². The first-order valence-electron chi connectivity index (χ1n) is 8.90. The summed E-state index contributed by atoms with van der Waals surface area (Å²) in [5.41, 5.74) is 2.58. The maximum absolute atomic E-state index is 13.6. The van der Waals surface area contributed by atoms with Crippen molar-refractivity contribution in [2.75, 3.05) is 32.1 Å². The monoisotopic (exact) mass is 433 g/mol. The summed E-state index contributed by atoms with van der Waals surface area (Å²) in [4.78, 5) is 26.3. The van der Waals surface area contributed by atoms with Crippen molar-refractivity contribution in [2.45, 2.75) is 6.92 Å². The van der Waals surface area contributed by atoms with Crippen molar-refractivity contribution in [2.24, 2.45) is 0 Å². The van der Waals surface area contributed by atoms with Gasteiger partial charge in [-0.1, -0.05) is 17.4 Å². The van der Waals surface area contributed by atoms with Gasteiger partial charge in [-0.15, -0.1) is 12.4 Å². The molecule has 0 saturated carbocycles. The number of carbonyl (C=O) groups excluding carboxylic acids is 1. The lowest BCUT2D eigenvalue weighted by molar-refractivity contribution is 0.0979. The van der Waals surface area contributed by atoms with Gasteiger partial charge in [-0.3, -0.25) is 14.1 Å². The summed E-state index contributed by atoms with van der Waals surface area (Å²) in [5, 5.41) is 0.553. The van der Waals surface area contributed by atoms with Gasteiger partial charge >= 0.3 is 0 Å². The van der Waals surface area contributed by atoms with Crippen molar-refractivity contribution in [3.63, 3.8) is 0 Å². The third-order valence-corrected chi connectivity index (χ3v) is 5.53. The third-order valence-electron chi connectivity index (χ3n) is 4.49. The van der Waals surface area contributed by atoms with Crippen molar-refractivity contribution in [3.05, 3.63) is 59.8 Å². The molecule has 3 aromatic heterocycles. The molecule has 29 heavy (non-hydrogen) atoms. The normalized spacial score (nSPS) is 11.2. The molecule has 6 nitrogen and oxygen atoms in total. The molecule has 0 N–H and O–H groups in total. The number of carbonyl (C=O) groups is 1. The summed E-state index contributed by atoms with van der Waals surface area (Å²) in [6.07, 6.45) is 1.83. The summed E-state index contributed by atoms with van der Waals surface area (Å²) < 4.78 is 16.1. The van der Waals surface area contributed by atoms with E-state index in [1.807, 2.05) is 50.3 Å². The van der Waals surface area contributed by atoms with Crippen LogP contribution < -0.4 is 4.90 Å². The molecular weight excluding hydrogens is 413 g/mol. The van der Waals surface area contributed by atoms with Gasteiger partial charge in [0.15, 0.2) is 5.13 Å². The minimum atomic E-state index is -0.313. The van der Waals surface area contributed by atoms with Crippen LogP contribution in [0, 0.1) is 12.7 Å². The second kappa shape index (κ2) is 8.44. The predicted molar refractivity (Wildman–Crippen MR) is 117 cm³/mol. The van der Waals surface area contributed by atoms with Crippen LogP contribution in [0.1, 0.15) is 16.2 Å². The van der Waals surface area contributed by atoms with Gasteiger partial charge in [0, 0.05) is 19.3 Å². The summed E-state index contributed by atoms with van der Waals surface area (Å²) in [7, 11) is 3.91. The number of halogens is 2. The first-order chi connectivity index (χ1) is 13.4. The van der Waals surface area contributed by atoms with Crippen LogP contribution in [-0.2, 0) is 0 Å². The number of rotatable bonds is 5. The van der Waals surface area contributed by atoms with Crippen molar-refractivity contribution in [1.29, 1.82) is 0 Å². The van der Waals surface area contributed by atoms with Crippen LogP contribution in [0.4, 0.5) is 9.52 Å². The first-order valence-corrected chi connectivity index (χ1v) is 9.72. The van der Waals surface area contributed by atoms with Crippen LogP contribution in [0.25, 0.3) is 15.9 Å². The summed E-state index contributed by atoms with van der Waals surface area (Å²) in [5.74, 6) is -0.482. The molecule has 0 radical (unpaired) electrons. The standard InChI is InChI=1S/C20H20FN5OS.ClH/c1-13-18(25-9-5-4-6-17(25)22-13)19(27)26(11-10-24(2)3)20-23-15-8-7-14(21)12-16(15)28-20;/h4-9,12H,10-11H2,1-3H3;1H. The van der Waals surface area contributed by atoms with Gasteiger partial charge in [0.2, 0.25) is 0 Å². The van der Waals surface area contributed by atoms with Gasteiger partial charge in [0.05, 0.1) is 15.9 Å². The summed E-state index contributed by atoms with van der Waals surface area (Å²) in [6.45, 7) is 2.97. The zero-order valence-electron chi connectivity index (χ0n) is 16.3. The number of nitrogens with zero attached hydrogens (tertiary/aromatic N) is 5. The number of fused-ring (bicyclic) bond motifs is 2. The van der Waals surface area contributed by atoms with Gasteiger partial charge in [0.1, 0.15) is 17.2 Å².